The van der Waals surface area contributed by atoms with Gasteiger partial charge in [0.25, 0.3) is 0 Å². The molecule has 1 aromatic heterocycles. The maximum Gasteiger partial charge on any atom is 0.407 e. The van der Waals surface area contributed by atoms with Crippen LogP contribution in [0.15, 0.2) is 60.8 Å². The van der Waals surface area contributed by atoms with E-state index in [2.05, 4.69) is 4.98 Å². The smallest absolute Gasteiger partial charge is 0.407 e. The molecule has 0 saturated carbocycles. The number of halogens is 2. The van der Waals surface area contributed by atoms with Crippen molar-refractivity contribution < 1.29 is 24.2 Å². The number of carboxylic acid groups (broad SMARTS) is 1. The molecule has 0 spiro atoms. The molecule has 8 nitrogen and oxygen atoms in total. The van der Waals surface area contributed by atoms with Gasteiger partial charge in [-0.2, -0.15) is 0 Å². The average molecular weight is 542 g/mol. The molecular formula is C27H25Cl2N3O5. The summed E-state index contributed by atoms with van der Waals surface area (Å²) in [7, 11) is 0. The Morgan fingerprint density at radius 3 is 2.41 bits per heavy atom. The van der Waals surface area contributed by atoms with E-state index in [0.717, 1.165) is 16.7 Å². The highest BCUT2D eigenvalue weighted by Crippen LogP contribution is 2.34. The molecule has 3 aromatic rings. The van der Waals surface area contributed by atoms with Crippen LogP contribution >= 0.6 is 23.2 Å². The third-order valence-corrected chi connectivity index (χ3v) is 6.45. The Kier molecular flexibility index (Phi) is 8.53. The van der Waals surface area contributed by atoms with Crippen molar-refractivity contribution in [2.45, 2.75) is 13.5 Å². The highest BCUT2D eigenvalue weighted by Gasteiger charge is 2.22. The first-order valence-electron chi connectivity index (χ1n) is 11.6. The van der Waals surface area contributed by atoms with Gasteiger partial charge in [-0.3, -0.25) is 4.79 Å². The van der Waals surface area contributed by atoms with Crippen LogP contribution in [0.2, 0.25) is 10.0 Å². The van der Waals surface area contributed by atoms with Gasteiger partial charge in [-0.1, -0.05) is 41.4 Å². The van der Waals surface area contributed by atoms with E-state index in [1.165, 1.54) is 11.0 Å². The van der Waals surface area contributed by atoms with Crippen molar-refractivity contribution in [2.24, 2.45) is 0 Å². The summed E-state index contributed by atoms with van der Waals surface area (Å²) >= 11 is 12.6. The van der Waals surface area contributed by atoms with Gasteiger partial charge in [0, 0.05) is 48.9 Å². The summed E-state index contributed by atoms with van der Waals surface area (Å²) in [5.41, 5.74) is 2.39. The van der Waals surface area contributed by atoms with Crippen LogP contribution in [0, 0.1) is 6.92 Å². The van der Waals surface area contributed by atoms with Crippen molar-refractivity contribution in [2.75, 3.05) is 26.2 Å². The Hall–Kier alpha value is -3.75. The standard InChI is InChI=1S/C27H25Cl2N3O5/c1-18-14-19(6-9-25(33)31-10-12-32(13-11-31)27(34)35)15-23(29)26(18)37-24-8-7-21(16-30-24)36-17-20-4-2-3-5-22(20)28/h2-9,14-16H,10-13,17H2,1H3,(H,34,35)/b9-6+. The first kappa shape index (κ1) is 26.3. The van der Waals surface area contributed by atoms with Gasteiger partial charge in [-0.25, -0.2) is 9.78 Å². The highest BCUT2D eigenvalue weighted by molar-refractivity contribution is 6.32. The van der Waals surface area contributed by atoms with Gasteiger partial charge in [0.15, 0.2) is 5.75 Å². The molecule has 10 heteroatoms. The largest absolute Gasteiger partial charge is 0.487 e. The summed E-state index contributed by atoms with van der Waals surface area (Å²) in [4.78, 5) is 30.7. The Bertz CT molecular complexity index is 1280. The summed E-state index contributed by atoms with van der Waals surface area (Å²) in [5, 5.41) is 10.1. The molecule has 2 heterocycles. The minimum absolute atomic E-state index is 0.180. The third kappa shape index (κ3) is 6.93. The molecule has 37 heavy (non-hydrogen) atoms. The molecule has 0 unspecified atom stereocenters. The SMILES string of the molecule is Cc1cc(/C=C/C(=O)N2CCN(C(=O)O)CC2)cc(Cl)c1Oc1ccc(OCc2ccccc2Cl)cn1. The topological polar surface area (TPSA) is 92.2 Å². The van der Waals surface area contributed by atoms with E-state index in [-0.39, 0.29) is 5.91 Å². The number of hydrogen-bond donors (Lipinski definition) is 1. The van der Waals surface area contributed by atoms with E-state index < -0.39 is 6.09 Å². The van der Waals surface area contributed by atoms with Crippen molar-refractivity contribution >= 4 is 41.3 Å². The molecule has 0 radical (unpaired) electrons. The first-order chi connectivity index (χ1) is 17.8. The van der Waals surface area contributed by atoms with Crippen LogP contribution in [0.25, 0.3) is 6.08 Å². The number of aromatic nitrogens is 1. The average Bonchev–Trinajstić information content (AvgIpc) is 2.89. The van der Waals surface area contributed by atoms with Gasteiger partial charge < -0.3 is 24.4 Å². The zero-order valence-corrected chi connectivity index (χ0v) is 21.6. The van der Waals surface area contributed by atoms with Gasteiger partial charge in [-0.15, -0.1) is 0 Å². The molecule has 4 rings (SSSR count). The van der Waals surface area contributed by atoms with Crippen LogP contribution in [0.3, 0.4) is 0 Å². The summed E-state index contributed by atoms with van der Waals surface area (Å²) < 4.78 is 11.7. The predicted octanol–water partition coefficient (Wildman–Crippen LogP) is 5.90. The van der Waals surface area contributed by atoms with Crippen molar-refractivity contribution in [3.63, 3.8) is 0 Å². The number of ether oxygens (including phenoxy) is 2. The fraction of sp³-hybridized carbons (Fsp3) is 0.222. The number of rotatable bonds is 7. The molecule has 2 amide bonds. The molecule has 1 fully saturated rings. The fourth-order valence-electron chi connectivity index (χ4n) is 3.77. The van der Waals surface area contributed by atoms with Crippen molar-refractivity contribution in [3.05, 3.63) is 87.5 Å². The second-order valence-electron chi connectivity index (χ2n) is 8.39. The molecule has 1 aliphatic rings. The minimum Gasteiger partial charge on any atom is -0.487 e. The van der Waals surface area contributed by atoms with Crippen LogP contribution in [0.5, 0.6) is 17.4 Å². The molecule has 2 aromatic carbocycles. The Balaban J connectivity index is 1.35. The van der Waals surface area contributed by atoms with E-state index in [1.54, 1.807) is 35.4 Å². The van der Waals surface area contributed by atoms with Crippen LogP contribution in [0.4, 0.5) is 4.79 Å². The molecule has 1 N–H and O–H groups in total. The Labute approximate surface area is 224 Å². The number of aryl methyl sites for hydroxylation is 1. The molecule has 0 bridgehead atoms. The predicted molar refractivity (Wildman–Crippen MR) is 141 cm³/mol. The summed E-state index contributed by atoms with van der Waals surface area (Å²) in [6, 6.07) is 14.5. The number of carbonyl (C=O) groups excluding carboxylic acids is 1. The summed E-state index contributed by atoms with van der Waals surface area (Å²) in [6.45, 7) is 3.50. The second kappa shape index (κ2) is 12.0. The number of pyridine rings is 1. The van der Waals surface area contributed by atoms with Crippen LogP contribution in [-0.4, -0.2) is 58.1 Å². The molecule has 1 aliphatic heterocycles. The molecule has 0 aliphatic carbocycles. The number of amides is 2. The monoisotopic (exact) mass is 541 g/mol. The van der Waals surface area contributed by atoms with E-state index in [4.69, 9.17) is 37.8 Å². The van der Waals surface area contributed by atoms with Gasteiger partial charge >= 0.3 is 6.09 Å². The third-order valence-electron chi connectivity index (χ3n) is 5.80. The normalized spacial score (nSPS) is 13.6. The molecule has 0 atom stereocenters. The van der Waals surface area contributed by atoms with Gasteiger partial charge in [0.2, 0.25) is 11.8 Å². The van der Waals surface area contributed by atoms with Crippen molar-refractivity contribution in [1.29, 1.82) is 0 Å². The van der Waals surface area contributed by atoms with Crippen LogP contribution in [0.1, 0.15) is 16.7 Å². The van der Waals surface area contributed by atoms with Gasteiger partial charge in [0.05, 0.1) is 11.2 Å². The maximum atomic E-state index is 12.5. The Morgan fingerprint density at radius 1 is 1.03 bits per heavy atom. The van der Waals surface area contributed by atoms with Gasteiger partial charge in [-0.05, 0) is 48.4 Å². The minimum atomic E-state index is -0.969. The number of benzene rings is 2. The second-order valence-corrected chi connectivity index (χ2v) is 9.21. The van der Waals surface area contributed by atoms with Crippen molar-refractivity contribution in [3.8, 4) is 17.4 Å². The quantitative estimate of drug-likeness (QED) is 0.374. The lowest BCUT2D eigenvalue weighted by Gasteiger charge is -2.32. The Morgan fingerprint density at radius 2 is 1.76 bits per heavy atom. The summed E-state index contributed by atoms with van der Waals surface area (Å²) in [5.74, 6) is 1.21. The van der Waals surface area contributed by atoms with Crippen LogP contribution in [-0.2, 0) is 11.4 Å². The number of piperazine rings is 1. The highest BCUT2D eigenvalue weighted by atomic mass is 35.5. The molecule has 1 saturated heterocycles. The zero-order valence-electron chi connectivity index (χ0n) is 20.1. The number of nitrogens with zero attached hydrogens (tertiary/aromatic N) is 3. The fourth-order valence-corrected chi connectivity index (χ4v) is 4.27. The lowest BCUT2D eigenvalue weighted by atomic mass is 10.1. The van der Waals surface area contributed by atoms with E-state index in [1.807, 2.05) is 37.3 Å². The van der Waals surface area contributed by atoms with E-state index in [0.29, 0.717) is 60.2 Å². The summed E-state index contributed by atoms with van der Waals surface area (Å²) in [6.07, 6.45) is 3.74. The first-order valence-corrected chi connectivity index (χ1v) is 12.3. The lowest BCUT2D eigenvalue weighted by Crippen LogP contribution is -2.49. The van der Waals surface area contributed by atoms with Crippen molar-refractivity contribution in [1.82, 2.24) is 14.8 Å². The molecular weight excluding hydrogens is 517 g/mol. The molecule has 192 valence electrons. The zero-order chi connectivity index (χ0) is 26.4. The lowest BCUT2D eigenvalue weighted by molar-refractivity contribution is -0.127. The number of carbonyl (C=O) groups is 2. The van der Waals surface area contributed by atoms with Gasteiger partial charge in [0.1, 0.15) is 12.4 Å². The van der Waals surface area contributed by atoms with Crippen LogP contribution < -0.4 is 9.47 Å². The van der Waals surface area contributed by atoms with E-state index >= 15 is 0 Å². The maximum absolute atomic E-state index is 12.5. The number of hydrogen-bond acceptors (Lipinski definition) is 5. The van der Waals surface area contributed by atoms with E-state index in [9.17, 15) is 9.59 Å².